The van der Waals surface area contributed by atoms with Gasteiger partial charge in [-0.05, 0) is 30.0 Å². The molecule has 3 aromatic rings. The van der Waals surface area contributed by atoms with Crippen LogP contribution in [-0.2, 0) is 20.6 Å². The van der Waals surface area contributed by atoms with E-state index in [2.05, 4.69) is 18.8 Å². The van der Waals surface area contributed by atoms with E-state index in [1.165, 1.54) is 17.9 Å². The average molecular weight is 386 g/mol. The highest BCUT2D eigenvalue weighted by Gasteiger charge is 2.17. The van der Waals surface area contributed by atoms with Crippen LogP contribution in [0.2, 0.25) is 0 Å². The lowest BCUT2D eigenvalue weighted by Crippen LogP contribution is -2.38. The topological polar surface area (TPSA) is 91.3 Å². The number of aromatic nitrogens is 4. The quantitative estimate of drug-likeness (QED) is 0.690. The Kier molecular flexibility index (Phi) is 5.42. The minimum absolute atomic E-state index is 0.0783. The van der Waals surface area contributed by atoms with Gasteiger partial charge in [-0.15, -0.1) is 0 Å². The first-order valence-corrected chi connectivity index (χ1v) is 9.23. The van der Waals surface area contributed by atoms with Gasteiger partial charge in [-0.2, -0.15) is 0 Å². The lowest BCUT2D eigenvalue weighted by Gasteiger charge is -2.18. The van der Waals surface area contributed by atoms with Crippen molar-refractivity contribution in [3.05, 3.63) is 56.5 Å². The molecule has 0 fully saturated rings. The van der Waals surface area contributed by atoms with Crippen LogP contribution in [0, 0.1) is 6.92 Å². The molecule has 8 nitrogen and oxygen atoms in total. The van der Waals surface area contributed by atoms with Crippen molar-refractivity contribution in [1.82, 2.24) is 18.7 Å². The number of imidazole rings is 1. The predicted octanol–water partition coefficient (Wildman–Crippen LogP) is 1.31. The first kappa shape index (κ1) is 19.9. The van der Waals surface area contributed by atoms with E-state index in [4.69, 9.17) is 4.74 Å². The molecule has 0 bridgehead atoms. The molecule has 2 heterocycles. The Balaban J connectivity index is 1.82. The zero-order chi connectivity index (χ0) is 20.6. The molecule has 0 aliphatic rings. The molecule has 0 saturated carbocycles. The first-order chi connectivity index (χ1) is 13.2. The lowest BCUT2D eigenvalue weighted by atomic mass is 10.0. The van der Waals surface area contributed by atoms with E-state index < -0.39 is 17.4 Å². The Morgan fingerprint density at radius 3 is 2.57 bits per heavy atom. The summed E-state index contributed by atoms with van der Waals surface area (Å²) < 4.78 is 9.79. The van der Waals surface area contributed by atoms with Gasteiger partial charge in [0.15, 0.2) is 11.2 Å². The Morgan fingerprint density at radius 2 is 1.89 bits per heavy atom. The second-order valence-corrected chi connectivity index (χ2v) is 7.44. The van der Waals surface area contributed by atoms with Gasteiger partial charge < -0.3 is 14.4 Å². The third kappa shape index (κ3) is 3.60. The first-order valence-electron chi connectivity index (χ1n) is 9.23. The molecule has 28 heavy (non-hydrogen) atoms. The Bertz CT molecular complexity index is 1120. The van der Waals surface area contributed by atoms with Crippen LogP contribution < -0.4 is 16.0 Å². The van der Waals surface area contributed by atoms with Crippen LogP contribution in [0.25, 0.3) is 11.2 Å². The summed E-state index contributed by atoms with van der Waals surface area (Å²) in [5.74, 6) is 1.05. The molecule has 150 valence electrons. The standard InChI is InChI=1S/C20H26N4O4/c1-12(2)15-7-6-13(3)8-16(15)28-10-14(25)9-24-11-21-18-17(24)19(26)23(5)20(27)22(18)4/h6-8,11-12,14,25H,9-10H2,1-5H3/t14-/m1/s1. The highest BCUT2D eigenvalue weighted by molar-refractivity contribution is 5.69. The van der Waals surface area contributed by atoms with Gasteiger partial charge in [0.25, 0.3) is 5.56 Å². The molecule has 0 aliphatic heterocycles. The number of fused-ring (bicyclic) bond motifs is 1. The van der Waals surface area contributed by atoms with Gasteiger partial charge in [-0.3, -0.25) is 13.9 Å². The van der Waals surface area contributed by atoms with E-state index in [9.17, 15) is 14.7 Å². The number of aliphatic hydroxyl groups excluding tert-OH is 1. The summed E-state index contributed by atoms with van der Waals surface area (Å²) in [6.45, 7) is 6.38. The minimum atomic E-state index is -0.847. The maximum Gasteiger partial charge on any atom is 0.332 e. The molecular formula is C20H26N4O4. The normalized spacial score (nSPS) is 12.7. The number of nitrogens with zero attached hydrogens (tertiary/aromatic N) is 4. The van der Waals surface area contributed by atoms with Gasteiger partial charge >= 0.3 is 5.69 Å². The summed E-state index contributed by atoms with van der Waals surface area (Å²) in [6, 6.07) is 6.03. The number of benzene rings is 1. The monoisotopic (exact) mass is 386 g/mol. The van der Waals surface area contributed by atoms with E-state index in [1.807, 2.05) is 25.1 Å². The van der Waals surface area contributed by atoms with Crippen molar-refractivity contribution in [1.29, 1.82) is 0 Å². The predicted molar refractivity (Wildman–Crippen MR) is 107 cm³/mol. The van der Waals surface area contributed by atoms with E-state index >= 15 is 0 Å². The largest absolute Gasteiger partial charge is 0.491 e. The van der Waals surface area contributed by atoms with Crippen molar-refractivity contribution in [3.63, 3.8) is 0 Å². The lowest BCUT2D eigenvalue weighted by molar-refractivity contribution is 0.0927. The fourth-order valence-electron chi connectivity index (χ4n) is 3.24. The molecule has 8 heteroatoms. The van der Waals surface area contributed by atoms with Gasteiger partial charge in [0.1, 0.15) is 18.5 Å². The number of hydrogen-bond donors (Lipinski definition) is 1. The molecule has 0 amide bonds. The Morgan fingerprint density at radius 1 is 1.18 bits per heavy atom. The minimum Gasteiger partial charge on any atom is -0.491 e. The van der Waals surface area contributed by atoms with Crippen LogP contribution in [0.5, 0.6) is 5.75 Å². The summed E-state index contributed by atoms with van der Waals surface area (Å²) in [4.78, 5) is 28.7. The Labute approximate surface area is 162 Å². The van der Waals surface area contributed by atoms with Crippen LogP contribution >= 0.6 is 0 Å². The van der Waals surface area contributed by atoms with E-state index in [-0.39, 0.29) is 18.7 Å². The summed E-state index contributed by atoms with van der Waals surface area (Å²) >= 11 is 0. The van der Waals surface area contributed by atoms with Crippen LogP contribution in [0.15, 0.2) is 34.1 Å². The molecule has 0 saturated heterocycles. The maximum absolute atomic E-state index is 12.5. The van der Waals surface area contributed by atoms with Crippen molar-refractivity contribution in [2.24, 2.45) is 14.1 Å². The van der Waals surface area contributed by atoms with Crippen molar-refractivity contribution >= 4 is 11.2 Å². The summed E-state index contributed by atoms with van der Waals surface area (Å²) in [5.41, 5.74) is 1.86. The Hall–Kier alpha value is -2.87. The van der Waals surface area contributed by atoms with E-state index in [1.54, 1.807) is 11.6 Å². The second kappa shape index (κ2) is 7.63. The number of hydrogen-bond acceptors (Lipinski definition) is 5. The van der Waals surface area contributed by atoms with Crippen molar-refractivity contribution in [2.75, 3.05) is 6.61 Å². The molecule has 0 radical (unpaired) electrons. The highest BCUT2D eigenvalue weighted by atomic mass is 16.5. The molecule has 0 unspecified atom stereocenters. The molecule has 3 rings (SSSR count). The van der Waals surface area contributed by atoms with Crippen molar-refractivity contribution < 1.29 is 9.84 Å². The fourth-order valence-corrected chi connectivity index (χ4v) is 3.24. The molecule has 1 atom stereocenters. The highest BCUT2D eigenvalue weighted by Crippen LogP contribution is 2.27. The van der Waals surface area contributed by atoms with Crippen molar-refractivity contribution in [3.8, 4) is 5.75 Å². The van der Waals surface area contributed by atoms with Gasteiger partial charge in [0.2, 0.25) is 0 Å². The van der Waals surface area contributed by atoms with E-state index in [0.29, 0.717) is 11.6 Å². The fraction of sp³-hybridized carbons (Fsp3) is 0.450. The summed E-state index contributed by atoms with van der Waals surface area (Å²) in [5, 5.41) is 10.5. The average Bonchev–Trinajstić information content (AvgIpc) is 3.06. The number of ether oxygens (including phenoxy) is 1. The third-order valence-electron chi connectivity index (χ3n) is 4.85. The van der Waals surface area contributed by atoms with Crippen LogP contribution in [0.3, 0.4) is 0 Å². The summed E-state index contributed by atoms with van der Waals surface area (Å²) in [6.07, 6.45) is 0.612. The zero-order valence-electron chi connectivity index (χ0n) is 16.8. The number of aryl methyl sites for hydroxylation is 2. The van der Waals surface area contributed by atoms with Gasteiger partial charge in [-0.25, -0.2) is 9.78 Å². The maximum atomic E-state index is 12.5. The smallest absolute Gasteiger partial charge is 0.332 e. The van der Waals surface area contributed by atoms with Gasteiger partial charge in [0, 0.05) is 14.1 Å². The molecular weight excluding hydrogens is 360 g/mol. The van der Waals surface area contributed by atoms with Crippen LogP contribution in [-0.4, -0.2) is 36.5 Å². The molecule has 0 spiro atoms. The molecule has 1 N–H and O–H groups in total. The molecule has 1 aromatic carbocycles. The number of rotatable bonds is 6. The number of aliphatic hydroxyl groups is 1. The third-order valence-corrected chi connectivity index (χ3v) is 4.85. The van der Waals surface area contributed by atoms with Crippen LogP contribution in [0.1, 0.15) is 30.9 Å². The SMILES string of the molecule is Cc1ccc(C(C)C)c(OC[C@H](O)Cn2cnc3c2c(=O)n(C)c(=O)n3C)c1. The summed E-state index contributed by atoms with van der Waals surface area (Å²) in [7, 11) is 2.98. The van der Waals surface area contributed by atoms with Gasteiger partial charge in [-0.1, -0.05) is 26.0 Å². The van der Waals surface area contributed by atoms with E-state index in [0.717, 1.165) is 21.4 Å². The molecule has 0 aliphatic carbocycles. The zero-order valence-corrected chi connectivity index (χ0v) is 16.8. The van der Waals surface area contributed by atoms with Crippen LogP contribution in [0.4, 0.5) is 0 Å². The van der Waals surface area contributed by atoms with Gasteiger partial charge in [0.05, 0.1) is 12.9 Å². The van der Waals surface area contributed by atoms with Crippen molar-refractivity contribution in [2.45, 2.75) is 39.3 Å². The second-order valence-electron chi connectivity index (χ2n) is 7.44. The molecule has 2 aromatic heterocycles.